The Kier molecular flexibility index (Phi) is 2.67. The van der Waals surface area contributed by atoms with Gasteiger partial charge in [0.2, 0.25) is 0 Å². The van der Waals surface area contributed by atoms with Gasteiger partial charge in [0.1, 0.15) is 0 Å². The van der Waals surface area contributed by atoms with Gasteiger partial charge in [-0.2, -0.15) is 5.26 Å². The highest BCUT2D eigenvalue weighted by atomic mass is 79.9. The van der Waals surface area contributed by atoms with E-state index >= 15 is 0 Å². The van der Waals surface area contributed by atoms with Crippen LogP contribution in [0.15, 0.2) is 22.7 Å². The lowest BCUT2D eigenvalue weighted by atomic mass is 10.1. The molecule has 0 spiro atoms. The summed E-state index contributed by atoms with van der Waals surface area (Å²) in [5, 5.41) is 8.42. The van der Waals surface area contributed by atoms with E-state index in [9.17, 15) is 0 Å². The zero-order valence-electron chi connectivity index (χ0n) is 6.26. The van der Waals surface area contributed by atoms with Crippen molar-refractivity contribution in [1.29, 1.82) is 5.26 Å². The highest BCUT2D eigenvalue weighted by Gasteiger charge is 1.95. The zero-order chi connectivity index (χ0) is 8.27. The summed E-state index contributed by atoms with van der Waals surface area (Å²) in [5.41, 5.74) is 2.26. The van der Waals surface area contributed by atoms with E-state index in [1.165, 1.54) is 5.56 Å². The van der Waals surface area contributed by atoms with Crippen molar-refractivity contribution in [2.24, 2.45) is 0 Å². The molecule has 0 atom stereocenters. The third-order valence-electron chi connectivity index (χ3n) is 1.51. The second kappa shape index (κ2) is 3.54. The molecule has 0 N–H and O–H groups in total. The van der Waals surface area contributed by atoms with Crippen LogP contribution >= 0.6 is 15.9 Å². The van der Waals surface area contributed by atoms with Gasteiger partial charge < -0.3 is 0 Å². The second-order valence-corrected chi connectivity index (χ2v) is 3.27. The molecule has 1 nitrogen and oxygen atoms in total. The highest BCUT2D eigenvalue weighted by molar-refractivity contribution is 9.10. The first-order chi connectivity index (χ1) is 5.24. The summed E-state index contributed by atoms with van der Waals surface area (Å²) in [6.45, 7) is 2.02. The first-order valence-electron chi connectivity index (χ1n) is 3.36. The molecule has 0 fully saturated rings. The largest absolute Gasteiger partial charge is 0.198 e. The Hall–Kier alpha value is -0.810. The fourth-order valence-corrected chi connectivity index (χ4v) is 1.15. The molecule has 0 bridgehead atoms. The van der Waals surface area contributed by atoms with E-state index in [4.69, 9.17) is 5.26 Å². The van der Waals surface area contributed by atoms with Crippen LogP contribution in [-0.2, 0) is 6.42 Å². The molecule has 0 radical (unpaired) electrons. The summed E-state index contributed by atoms with van der Waals surface area (Å²) in [7, 11) is 0. The van der Waals surface area contributed by atoms with E-state index in [1.54, 1.807) is 0 Å². The fourth-order valence-electron chi connectivity index (χ4n) is 0.908. The van der Waals surface area contributed by atoms with E-state index in [1.807, 2.05) is 25.1 Å². The molecule has 0 saturated heterocycles. The summed E-state index contributed by atoms with van der Waals surface area (Å²) in [6, 6.07) is 8.07. The smallest absolute Gasteiger partial charge is 0.0669 e. The van der Waals surface area contributed by atoms with Gasteiger partial charge in [0, 0.05) is 4.47 Å². The van der Waals surface area contributed by atoms with Crippen molar-refractivity contribution in [3.8, 4) is 6.07 Å². The minimum atomic E-state index is 0.494. The van der Waals surface area contributed by atoms with E-state index in [0.717, 1.165) is 10.0 Å². The van der Waals surface area contributed by atoms with Gasteiger partial charge in [0.25, 0.3) is 0 Å². The summed E-state index contributed by atoms with van der Waals surface area (Å²) < 4.78 is 1.10. The Morgan fingerprint density at radius 1 is 1.55 bits per heavy atom. The first-order valence-corrected chi connectivity index (χ1v) is 4.15. The molecule has 1 rings (SSSR count). The Labute approximate surface area is 74.8 Å². The number of halogens is 1. The summed E-state index contributed by atoms with van der Waals surface area (Å²) >= 11 is 3.40. The number of nitriles is 1. The van der Waals surface area contributed by atoms with Crippen molar-refractivity contribution in [3.05, 3.63) is 33.8 Å². The normalized spacial score (nSPS) is 9.18. The topological polar surface area (TPSA) is 23.8 Å². The van der Waals surface area contributed by atoms with Crippen LogP contribution < -0.4 is 0 Å². The minimum Gasteiger partial charge on any atom is -0.198 e. The zero-order valence-corrected chi connectivity index (χ0v) is 7.85. The number of hydrogen-bond acceptors (Lipinski definition) is 1. The Bertz CT molecular complexity index is 299. The van der Waals surface area contributed by atoms with E-state index in [2.05, 4.69) is 22.0 Å². The first kappa shape index (κ1) is 8.29. The van der Waals surface area contributed by atoms with Gasteiger partial charge in [-0.25, -0.2) is 0 Å². The molecule has 11 heavy (non-hydrogen) atoms. The predicted molar refractivity (Wildman–Crippen MR) is 48.2 cm³/mol. The quantitative estimate of drug-likeness (QED) is 0.699. The molecule has 0 aliphatic rings. The Morgan fingerprint density at radius 3 is 2.82 bits per heavy atom. The molecule has 0 aliphatic heterocycles. The third kappa shape index (κ3) is 2.06. The minimum absolute atomic E-state index is 0.494. The maximum absolute atomic E-state index is 8.42. The van der Waals surface area contributed by atoms with Gasteiger partial charge >= 0.3 is 0 Å². The molecule has 0 aromatic heterocycles. The maximum atomic E-state index is 8.42. The monoisotopic (exact) mass is 209 g/mol. The SMILES string of the molecule is Cc1cc(CC#N)ccc1Br. The van der Waals surface area contributed by atoms with Crippen molar-refractivity contribution < 1.29 is 0 Å². The van der Waals surface area contributed by atoms with Crippen molar-refractivity contribution in [3.63, 3.8) is 0 Å². The van der Waals surface area contributed by atoms with Gasteiger partial charge in [0.15, 0.2) is 0 Å². The highest BCUT2D eigenvalue weighted by Crippen LogP contribution is 2.16. The molecule has 0 unspecified atom stereocenters. The fraction of sp³-hybridized carbons (Fsp3) is 0.222. The molecular formula is C9H8BrN. The molecular weight excluding hydrogens is 202 g/mol. The number of benzene rings is 1. The molecule has 0 amide bonds. The lowest BCUT2D eigenvalue weighted by Crippen LogP contribution is -1.83. The molecule has 0 heterocycles. The second-order valence-electron chi connectivity index (χ2n) is 2.42. The van der Waals surface area contributed by atoms with Gasteiger partial charge in [0.05, 0.1) is 12.5 Å². The van der Waals surface area contributed by atoms with Crippen molar-refractivity contribution in [1.82, 2.24) is 0 Å². The van der Waals surface area contributed by atoms with E-state index < -0.39 is 0 Å². The molecule has 2 heteroatoms. The van der Waals surface area contributed by atoms with Crippen LogP contribution in [0.5, 0.6) is 0 Å². The molecule has 0 aliphatic carbocycles. The standard InChI is InChI=1S/C9H8BrN/c1-7-6-8(4-5-11)2-3-9(7)10/h2-3,6H,4H2,1H3. The van der Waals surface area contributed by atoms with Crippen LogP contribution in [0.2, 0.25) is 0 Å². The lowest BCUT2D eigenvalue weighted by Gasteiger charge is -1.98. The maximum Gasteiger partial charge on any atom is 0.0669 e. The van der Waals surface area contributed by atoms with Gasteiger partial charge in [-0.1, -0.05) is 28.1 Å². The average Bonchev–Trinajstić information content (AvgIpc) is 1.98. The summed E-state index contributed by atoms with van der Waals surface area (Å²) in [6.07, 6.45) is 0.494. The van der Waals surface area contributed by atoms with Crippen LogP contribution in [0.3, 0.4) is 0 Å². The van der Waals surface area contributed by atoms with Crippen molar-refractivity contribution in [2.45, 2.75) is 13.3 Å². The summed E-state index contributed by atoms with van der Waals surface area (Å²) in [4.78, 5) is 0. The predicted octanol–water partition coefficient (Wildman–Crippen LogP) is 2.82. The number of hydrogen-bond donors (Lipinski definition) is 0. The van der Waals surface area contributed by atoms with Crippen LogP contribution in [-0.4, -0.2) is 0 Å². The summed E-state index contributed by atoms with van der Waals surface area (Å²) in [5.74, 6) is 0. The Morgan fingerprint density at radius 2 is 2.27 bits per heavy atom. The average molecular weight is 210 g/mol. The van der Waals surface area contributed by atoms with Crippen LogP contribution in [0.25, 0.3) is 0 Å². The number of rotatable bonds is 1. The van der Waals surface area contributed by atoms with Crippen molar-refractivity contribution in [2.75, 3.05) is 0 Å². The number of aryl methyl sites for hydroxylation is 1. The molecule has 1 aromatic rings. The molecule has 1 aromatic carbocycles. The number of nitrogens with zero attached hydrogens (tertiary/aromatic N) is 1. The van der Waals surface area contributed by atoms with Gasteiger partial charge in [-0.3, -0.25) is 0 Å². The van der Waals surface area contributed by atoms with Crippen LogP contribution in [0, 0.1) is 18.3 Å². The van der Waals surface area contributed by atoms with Gasteiger partial charge in [-0.15, -0.1) is 0 Å². The van der Waals surface area contributed by atoms with Gasteiger partial charge in [-0.05, 0) is 24.1 Å². The van der Waals surface area contributed by atoms with E-state index in [-0.39, 0.29) is 0 Å². The Balaban J connectivity index is 2.98. The van der Waals surface area contributed by atoms with Crippen LogP contribution in [0.1, 0.15) is 11.1 Å². The molecule has 0 saturated carbocycles. The molecule has 56 valence electrons. The lowest BCUT2D eigenvalue weighted by molar-refractivity contribution is 1.24. The third-order valence-corrected chi connectivity index (χ3v) is 2.40. The van der Waals surface area contributed by atoms with E-state index in [0.29, 0.717) is 6.42 Å². The van der Waals surface area contributed by atoms with Crippen molar-refractivity contribution >= 4 is 15.9 Å². The van der Waals surface area contributed by atoms with Crippen LogP contribution in [0.4, 0.5) is 0 Å².